The first-order valence-corrected chi connectivity index (χ1v) is 4.76. The summed E-state index contributed by atoms with van der Waals surface area (Å²) in [7, 11) is 0. The molecular weight excluding hydrogens is 180 g/mol. The number of nitrogens with zero attached hydrogens (tertiary/aromatic N) is 1. The molecule has 0 aliphatic carbocycles. The summed E-state index contributed by atoms with van der Waals surface area (Å²) in [6, 6.07) is 0. The van der Waals surface area contributed by atoms with E-state index in [0.717, 1.165) is 5.70 Å². The standard InChI is InChI=1S/C10H17N2O2/c1-8-6-10(3,12-7-11-8)14-5-4-9(2)13/h7,9,13H,4-5H2,1-3H3,(H,11,12)/t9-,10?/m1/s1. The van der Waals surface area contributed by atoms with Crippen molar-refractivity contribution < 1.29 is 9.84 Å². The minimum absolute atomic E-state index is 0.332. The van der Waals surface area contributed by atoms with E-state index in [2.05, 4.69) is 16.4 Å². The Bertz CT molecular complexity index is 249. The van der Waals surface area contributed by atoms with Crippen molar-refractivity contribution in [3.63, 3.8) is 0 Å². The van der Waals surface area contributed by atoms with E-state index in [-0.39, 0.29) is 6.10 Å². The van der Waals surface area contributed by atoms with Crippen molar-refractivity contribution in [2.45, 2.75) is 39.0 Å². The van der Waals surface area contributed by atoms with Crippen molar-refractivity contribution in [2.75, 3.05) is 6.61 Å². The van der Waals surface area contributed by atoms with Crippen LogP contribution in [0.15, 0.2) is 10.7 Å². The lowest BCUT2D eigenvalue weighted by Crippen LogP contribution is -2.45. The quantitative estimate of drug-likeness (QED) is 0.702. The Morgan fingerprint density at radius 3 is 3.07 bits per heavy atom. The molecule has 4 nitrogen and oxygen atoms in total. The Morgan fingerprint density at radius 1 is 1.79 bits per heavy atom. The van der Waals surface area contributed by atoms with Gasteiger partial charge in [-0.15, -0.1) is 0 Å². The lowest BCUT2D eigenvalue weighted by Gasteiger charge is -2.28. The van der Waals surface area contributed by atoms with Crippen LogP contribution in [0.5, 0.6) is 0 Å². The van der Waals surface area contributed by atoms with E-state index in [4.69, 9.17) is 9.84 Å². The third kappa shape index (κ3) is 3.47. The molecule has 14 heavy (non-hydrogen) atoms. The summed E-state index contributed by atoms with van der Waals surface area (Å²) in [6.07, 6.45) is 4.96. The average Bonchev–Trinajstić information content (AvgIpc) is 2.01. The van der Waals surface area contributed by atoms with Crippen LogP contribution in [0.3, 0.4) is 0 Å². The van der Waals surface area contributed by atoms with E-state index in [9.17, 15) is 0 Å². The summed E-state index contributed by atoms with van der Waals surface area (Å²) in [5, 5.41) is 12.0. The summed E-state index contributed by atoms with van der Waals surface area (Å²) in [5.41, 5.74) is 0.198. The summed E-state index contributed by atoms with van der Waals surface area (Å²) in [6.45, 7) is 5.98. The number of hydrogen-bond acceptors (Lipinski definition) is 4. The molecule has 0 fully saturated rings. The van der Waals surface area contributed by atoms with Crippen LogP contribution in [0.2, 0.25) is 0 Å². The molecule has 1 aliphatic rings. The SMILES string of the molecule is CC1=[C]C(C)(OCC[C@@H](C)O)NC=N1. The van der Waals surface area contributed by atoms with Gasteiger partial charge in [0, 0.05) is 11.8 Å². The highest BCUT2D eigenvalue weighted by Gasteiger charge is 2.23. The summed E-state index contributed by atoms with van der Waals surface area (Å²) >= 11 is 0. The zero-order chi connectivity index (χ0) is 10.6. The molecule has 0 spiro atoms. The summed E-state index contributed by atoms with van der Waals surface area (Å²) in [5.74, 6) is 0. The van der Waals surface area contributed by atoms with Crippen LogP contribution in [0.25, 0.3) is 0 Å². The number of aliphatic imine (C=N–C) groups is 1. The van der Waals surface area contributed by atoms with Crippen molar-refractivity contribution in [3.05, 3.63) is 11.8 Å². The molecule has 2 N–H and O–H groups in total. The molecule has 1 radical (unpaired) electrons. The Morgan fingerprint density at radius 2 is 2.50 bits per heavy atom. The van der Waals surface area contributed by atoms with Gasteiger partial charge in [-0.2, -0.15) is 0 Å². The van der Waals surface area contributed by atoms with Gasteiger partial charge in [-0.1, -0.05) is 0 Å². The average molecular weight is 197 g/mol. The molecule has 79 valence electrons. The molecule has 0 aromatic carbocycles. The van der Waals surface area contributed by atoms with Crippen LogP contribution in [-0.2, 0) is 4.74 Å². The fourth-order valence-electron chi connectivity index (χ4n) is 1.18. The molecule has 1 aliphatic heterocycles. The molecule has 1 rings (SSSR count). The van der Waals surface area contributed by atoms with Gasteiger partial charge in [0.15, 0.2) is 5.72 Å². The first-order valence-electron chi connectivity index (χ1n) is 4.76. The van der Waals surface area contributed by atoms with Gasteiger partial charge in [0.05, 0.1) is 19.0 Å². The van der Waals surface area contributed by atoms with Crippen molar-refractivity contribution in [2.24, 2.45) is 4.99 Å². The predicted octanol–water partition coefficient (Wildman–Crippen LogP) is 0.829. The summed E-state index contributed by atoms with van der Waals surface area (Å²) < 4.78 is 5.56. The van der Waals surface area contributed by atoms with Crippen LogP contribution in [-0.4, -0.2) is 29.9 Å². The van der Waals surface area contributed by atoms with Gasteiger partial charge in [-0.3, -0.25) is 0 Å². The number of allylic oxidation sites excluding steroid dienone is 1. The monoisotopic (exact) mass is 197 g/mol. The predicted molar refractivity (Wildman–Crippen MR) is 54.7 cm³/mol. The molecule has 2 atom stereocenters. The summed E-state index contributed by atoms with van der Waals surface area (Å²) in [4.78, 5) is 4.01. The maximum atomic E-state index is 9.07. The topological polar surface area (TPSA) is 53.9 Å². The first kappa shape index (κ1) is 11.2. The van der Waals surface area contributed by atoms with Crippen LogP contribution in [0.1, 0.15) is 27.2 Å². The van der Waals surface area contributed by atoms with Crippen LogP contribution < -0.4 is 5.32 Å². The Kier molecular flexibility index (Phi) is 3.66. The van der Waals surface area contributed by atoms with Crippen LogP contribution in [0.4, 0.5) is 0 Å². The largest absolute Gasteiger partial charge is 0.393 e. The van der Waals surface area contributed by atoms with Gasteiger partial charge in [0.2, 0.25) is 0 Å². The van der Waals surface area contributed by atoms with Gasteiger partial charge in [-0.05, 0) is 27.2 Å². The molecular formula is C10H17N2O2. The maximum absolute atomic E-state index is 9.07. The highest BCUT2D eigenvalue weighted by molar-refractivity contribution is 5.58. The second-order valence-electron chi connectivity index (χ2n) is 3.63. The van der Waals surface area contributed by atoms with Crippen LogP contribution in [0, 0.1) is 6.08 Å². The number of hydrogen-bond donors (Lipinski definition) is 2. The molecule has 1 heterocycles. The molecule has 0 bridgehead atoms. The zero-order valence-corrected chi connectivity index (χ0v) is 8.87. The van der Waals surface area contributed by atoms with E-state index in [0.29, 0.717) is 13.0 Å². The second kappa shape index (κ2) is 4.57. The van der Waals surface area contributed by atoms with E-state index in [1.165, 1.54) is 0 Å². The molecule has 0 aromatic heterocycles. The van der Waals surface area contributed by atoms with E-state index in [1.807, 2.05) is 13.8 Å². The molecule has 0 amide bonds. The molecule has 0 saturated carbocycles. The number of ether oxygens (including phenoxy) is 1. The molecule has 4 heteroatoms. The normalized spacial score (nSPS) is 28.1. The lowest BCUT2D eigenvalue weighted by molar-refractivity contribution is -0.0247. The van der Waals surface area contributed by atoms with E-state index in [1.54, 1.807) is 13.3 Å². The molecule has 0 saturated heterocycles. The third-order valence-electron chi connectivity index (χ3n) is 1.94. The highest BCUT2D eigenvalue weighted by atomic mass is 16.5. The first-order chi connectivity index (χ1) is 6.52. The Balaban J connectivity index is 2.39. The number of rotatable bonds is 4. The Labute approximate surface area is 84.7 Å². The highest BCUT2D eigenvalue weighted by Crippen LogP contribution is 2.14. The van der Waals surface area contributed by atoms with Gasteiger partial charge < -0.3 is 15.2 Å². The fraction of sp³-hybridized carbons (Fsp3) is 0.700. The third-order valence-corrected chi connectivity index (χ3v) is 1.94. The minimum Gasteiger partial charge on any atom is -0.393 e. The fourth-order valence-corrected chi connectivity index (χ4v) is 1.18. The van der Waals surface area contributed by atoms with Gasteiger partial charge in [0.1, 0.15) is 0 Å². The van der Waals surface area contributed by atoms with E-state index < -0.39 is 5.72 Å². The number of nitrogens with one attached hydrogen (secondary N) is 1. The van der Waals surface area contributed by atoms with Crippen molar-refractivity contribution >= 4 is 6.34 Å². The molecule has 1 unspecified atom stereocenters. The van der Waals surface area contributed by atoms with Gasteiger partial charge in [-0.25, -0.2) is 4.99 Å². The van der Waals surface area contributed by atoms with E-state index >= 15 is 0 Å². The number of aliphatic hydroxyl groups is 1. The Hall–Kier alpha value is -0.870. The van der Waals surface area contributed by atoms with Crippen molar-refractivity contribution in [3.8, 4) is 0 Å². The van der Waals surface area contributed by atoms with Crippen LogP contribution >= 0.6 is 0 Å². The van der Waals surface area contributed by atoms with Crippen molar-refractivity contribution in [1.82, 2.24) is 5.32 Å². The maximum Gasteiger partial charge on any atom is 0.165 e. The second-order valence-corrected chi connectivity index (χ2v) is 3.63. The zero-order valence-electron chi connectivity index (χ0n) is 8.87. The number of aliphatic hydroxyl groups excluding tert-OH is 1. The lowest BCUT2D eigenvalue weighted by atomic mass is 10.2. The van der Waals surface area contributed by atoms with Crippen molar-refractivity contribution in [1.29, 1.82) is 0 Å². The van der Waals surface area contributed by atoms with Gasteiger partial charge in [0.25, 0.3) is 0 Å². The minimum atomic E-state index is -0.610. The van der Waals surface area contributed by atoms with Gasteiger partial charge >= 0.3 is 0 Å². The smallest absolute Gasteiger partial charge is 0.165 e. The molecule has 0 aromatic rings.